The number of carbonyl (C=O) groups is 2. The van der Waals surface area contributed by atoms with Crippen LogP contribution >= 0.6 is 23.2 Å². The molecule has 0 heterocycles. The Morgan fingerprint density at radius 1 is 0.930 bits per heavy atom. The van der Waals surface area contributed by atoms with E-state index in [1.807, 2.05) is 26.8 Å². The fraction of sp³-hybridized carbons (Fsp3) is 0.394. The Labute approximate surface area is 265 Å². The van der Waals surface area contributed by atoms with E-state index in [1.165, 1.54) is 17.0 Å². The van der Waals surface area contributed by atoms with Crippen molar-refractivity contribution in [3.63, 3.8) is 0 Å². The molecule has 0 aliphatic heterocycles. The molecule has 7 nitrogen and oxygen atoms in total. The molecule has 10 heteroatoms. The minimum Gasteiger partial charge on any atom is -0.352 e. The van der Waals surface area contributed by atoms with Crippen molar-refractivity contribution in [1.82, 2.24) is 10.2 Å². The van der Waals surface area contributed by atoms with Crippen LogP contribution in [0.25, 0.3) is 0 Å². The smallest absolute Gasteiger partial charge is 0.264 e. The SMILES string of the molecule is CC[C@@H](C(=O)NC1CCCCC1)N(Cc1ccccc1Cl)C(=O)CN(c1ccc(C)c(Cl)c1)S(=O)(=O)c1ccc(C)cc1. The first-order valence-corrected chi connectivity index (χ1v) is 16.9. The Morgan fingerprint density at radius 3 is 2.23 bits per heavy atom. The van der Waals surface area contributed by atoms with Crippen LogP contribution in [0.5, 0.6) is 0 Å². The van der Waals surface area contributed by atoms with Gasteiger partial charge in [-0.15, -0.1) is 0 Å². The molecule has 0 saturated heterocycles. The number of amides is 2. The fourth-order valence-electron chi connectivity index (χ4n) is 5.38. The molecule has 0 spiro atoms. The van der Waals surface area contributed by atoms with Crippen LogP contribution in [0.15, 0.2) is 71.6 Å². The van der Waals surface area contributed by atoms with Crippen molar-refractivity contribution in [3.05, 3.63) is 93.5 Å². The molecule has 0 radical (unpaired) electrons. The Hall–Kier alpha value is -3.07. The van der Waals surface area contributed by atoms with Gasteiger partial charge < -0.3 is 10.2 Å². The van der Waals surface area contributed by atoms with Gasteiger partial charge in [0.25, 0.3) is 10.0 Å². The molecule has 0 bridgehead atoms. The molecule has 4 rings (SSSR count). The lowest BCUT2D eigenvalue weighted by atomic mass is 9.95. The van der Waals surface area contributed by atoms with E-state index < -0.39 is 28.5 Å². The van der Waals surface area contributed by atoms with E-state index in [1.54, 1.807) is 48.5 Å². The van der Waals surface area contributed by atoms with Crippen molar-refractivity contribution in [2.45, 2.75) is 82.8 Å². The van der Waals surface area contributed by atoms with Crippen LogP contribution in [0, 0.1) is 13.8 Å². The topological polar surface area (TPSA) is 86.8 Å². The molecule has 1 N–H and O–H groups in total. The molecule has 1 aliphatic carbocycles. The van der Waals surface area contributed by atoms with Crippen molar-refractivity contribution in [3.8, 4) is 0 Å². The van der Waals surface area contributed by atoms with Crippen LogP contribution in [0.1, 0.15) is 62.1 Å². The number of carbonyl (C=O) groups excluding carboxylic acids is 2. The van der Waals surface area contributed by atoms with E-state index in [-0.39, 0.29) is 29.1 Å². The molecule has 43 heavy (non-hydrogen) atoms. The summed E-state index contributed by atoms with van der Waals surface area (Å²) in [7, 11) is -4.18. The summed E-state index contributed by atoms with van der Waals surface area (Å²) in [6, 6.07) is 17.7. The van der Waals surface area contributed by atoms with Crippen molar-refractivity contribution >= 4 is 50.7 Å². The van der Waals surface area contributed by atoms with Crippen molar-refractivity contribution in [2.75, 3.05) is 10.8 Å². The van der Waals surface area contributed by atoms with Crippen LogP contribution in [-0.4, -0.2) is 43.8 Å². The molecule has 1 saturated carbocycles. The highest BCUT2D eigenvalue weighted by Crippen LogP contribution is 2.29. The number of nitrogens with one attached hydrogen (secondary N) is 1. The zero-order valence-corrected chi connectivity index (χ0v) is 27.2. The monoisotopic (exact) mass is 643 g/mol. The molecule has 1 fully saturated rings. The van der Waals surface area contributed by atoms with Gasteiger partial charge in [0.2, 0.25) is 11.8 Å². The first kappa shape index (κ1) is 32.8. The van der Waals surface area contributed by atoms with E-state index >= 15 is 0 Å². The average molecular weight is 645 g/mol. The number of aryl methyl sites for hydroxylation is 2. The maximum absolute atomic E-state index is 14.3. The van der Waals surface area contributed by atoms with Crippen molar-refractivity contribution in [1.29, 1.82) is 0 Å². The van der Waals surface area contributed by atoms with Crippen LogP contribution < -0.4 is 9.62 Å². The lowest BCUT2D eigenvalue weighted by molar-refractivity contribution is -0.140. The van der Waals surface area contributed by atoms with E-state index in [4.69, 9.17) is 23.2 Å². The Morgan fingerprint density at radius 2 is 1.60 bits per heavy atom. The minimum atomic E-state index is -4.18. The Balaban J connectivity index is 1.73. The number of halogens is 2. The summed E-state index contributed by atoms with van der Waals surface area (Å²) in [5.41, 5.74) is 2.59. The maximum Gasteiger partial charge on any atom is 0.264 e. The average Bonchev–Trinajstić information content (AvgIpc) is 2.98. The van der Waals surface area contributed by atoms with Gasteiger partial charge in [-0.05, 0) is 74.6 Å². The highest BCUT2D eigenvalue weighted by atomic mass is 35.5. The summed E-state index contributed by atoms with van der Waals surface area (Å²) in [6.45, 7) is 5.04. The number of hydrogen-bond donors (Lipinski definition) is 1. The molecule has 230 valence electrons. The highest BCUT2D eigenvalue weighted by molar-refractivity contribution is 7.92. The molecular weight excluding hydrogens is 605 g/mol. The molecule has 0 unspecified atom stereocenters. The number of anilines is 1. The first-order chi connectivity index (χ1) is 20.5. The standard InChI is InChI=1S/C33H39Cl2N3O4S/c1-4-31(33(40)36-26-11-6-5-7-12-26)37(21-25-10-8-9-13-29(25)34)32(39)22-38(27-17-16-24(3)30(35)20-27)43(41,42)28-18-14-23(2)15-19-28/h8-10,13-20,26,31H,4-7,11-12,21-22H2,1-3H3,(H,36,40)/t31-/m0/s1. The van der Waals surface area contributed by atoms with Crippen LogP contribution in [-0.2, 0) is 26.2 Å². The number of benzene rings is 3. The summed E-state index contributed by atoms with van der Waals surface area (Å²) in [5, 5.41) is 3.98. The first-order valence-electron chi connectivity index (χ1n) is 14.7. The molecule has 0 aromatic heterocycles. The number of nitrogens with zero attached hydrogens (tertiary/aromatic N) is 2. The maximum atomic E-state index is 14.3. The molecule has 1 atom stereocenters. The van der Waals surface area contributed by atoms with Gasteiger partial charge in [0.15, 0.2) is 0 Å². The second kappa shape index (κ2) is 14.6. The summed E-state index contributed by atoms with van der Waals surface area (Å²) in [5.74, 6) is -0.779. The van der Waals surface area contributed by atoms with Crippen LogP contribution in [0.3, 0.4) is 0 Å². The van der Waals surface area contributed by atoms with Gasteiger partial charge in [-0.25, -0.2) is 8.42 Å². The van der Waals surface area contributed by atoms with Gasteiger partial charge >= 0.3 is 0 Å². The zero-order valence-electron chi connectivity index (χ0n) is 24.9. The fourth-order valence-corrected chi connectivity index (χ4v) is 7.15. The van der Waals surface area contributed by atoms with Crippen molar-refractivity contribution < 1.29 is 18.0 Å². The molecule has 1 aliphatic rings. The number of sulfonamides is 1. The predicted molar refractivity (Wildman–Crippen MR) is 173 cm³/mol. The molecule has 3 aromatic rings. The third-order valence-electron chi connectivity index (χ3n) is 7.97. The Bertz CT molecular complexity index is 1540. The molecular formula is C33H39Cl2N3O4S. The van der Waals surface area contributed by atoms with Gasteiger partial charge in [-0.3, -0.25) is 13.9 Å². The third-order valence-corrected chi connectivity index (χ3v) is 10.5. The van der Waals surface area contributed by atoms with Gasteiger partial charge in [-0.1, -0.05) is 91.3 Å². The molecule has 2 amide bonds. The number of rotatable bonds is 11. The minimum absolute atomic E-state index is 0.0438. The quantitative estimate of drug-likeness (QED) is 0.242. The summed E-state index contributed by atoms with van der Waals surface area (Å²) in [4.78, 5) is 29.4. The normalized spacial score (nSPS) is 14.6. The lowest BCUT2D eigenvalue weighted by Crippen LogP contribution is -2.54. The van der Waals surface area contributed by atoms with Crippen LogP contribution in [0.2, 0.25) is 10.0 Å². The summed E-state index contributed by atoms with van der Waals surface area (Å²) in [6.07, 6.45) is 5.39. The lowest BCUT2D eigenvalue weighted by Gasteiger charge is -2.34. The predicted octanol–water partition coefficient (Wildman–Crippen LogP) is 7.06. The van der Waals surface area contributed by atoms with Crippen LogP contribution in [0.4, 0.5) is 5.69 Å². The van der Waals surface area contributed by atoms with Gasteiger partial charge in [0, 0.05) is 22.6 Å². The van der Waals surface area contributed by atoms with Gasteiger partial charge in [-0.2, -0.15) is 0 Å². The van der Waals surface area contributed by atoms with E-state index in [0.717, 1.165) is 47.5 Å². The molecule has 3 aromatic carbocycles. The van der Waals surface area contributed by atoms with Gasteiger partial charge in [0.1, 0.15) is 12.6 Å². The van der Waals surface area contributed by atoms with E-state index in [9.17, 15) is 18.0 Å². The largest absolute Gasteiger partial charge is 0.352 e. The van der Waals surface area contributed by atoms with Gasteiger partial charge in [0.05, 0.1) is 10.6 Å². The van der Waals surface area contributed by atoms with E-state index in [2.05, 4.69) is 5.32 Å². The second-order valence-electron chi connectivity index (χ2n) is 11.1. The second-order valence-corrected chi connectivity index (χ2v) is 13.8. The summed E-state index contributed by atoms with van der Waals surface area (Å²) < 4.78 is 29.2. The summed E-state index contributed by atoms with van der Waals surface area (Å²) >= 11 is 12.9. The third kappa shape index (κ3) is 8.11. The highest BCUT2D eigenvalue weighted by Gasteiger charge is 2.34. The Kier molecular flexibility index (Phi) is 11.2. The van der Waals surface area contributed by atoms with Crippen molar-refractivity contribution in [2.24, 2.45) is 0 Å². The van der Waals surface area contributed by atoms with E-state index in [0.29, 0.717) is 22.0 Å². The zero-order chi connectivity index (χ0) is 31.1. The number of hydrogen-bond acceptors (Lipinski definition) is 4.